The van der Waals surface area contributed by atoms with Crippen molar-refractivity contribution in [2.75, 3.05) is 26.2 Å². The third-order valence-corrected chi connectivity index (χ3v) is 4.53. The van der Waals surface area contributed by atoms with E-state index in [2.05, 4.69) is 49.5 Å². The van der Waals surface area contributed by atoms with Crippen molar-refractivity contribution in [2.24, 2.45) is 0 Å². The van der Waals surface area contributed by atoms with Gasteiger partial charge in [-0.25, -0.2) is 0 Å². The van der Waals surface area contributed by atoms with Crippen molar-refractivity contribution in [1.29, 1.82) is 0 Å². The summed E-state index contributed by atoms with van der Waals surface area (Å²) in [6, 6.07) is 11.8. The first-order chi connectivity index (χ1) is 9.29. The summed E-state index contributed by atoms with van der Waals surface area (Å²) >= 11 is 0. The molecule has 1 aliphatic rings. The van der Waals surface area contributed by atoms with E-state index in [9.17, 15) is 0 Å². The molecule has 3 N–H and O–H groups in total. The molecule has 106 valence electrons. The maximum atomic E-state index is 2.60. The second-order valence-corrected chi connectivity index (χ2v) is 6.12. The maximum Gasteiger partial charge on any atom is 0.0967 e. The van der Waals surface area contributed by atoms with Gasteiger partial charge in [0, 0.05) is 18.8 Å². The zero-order valence-electron chi connectivity index (χ0n) is 12.6. The molecule has 19 heavy (non-hydrogen) atoms. The Balaban J connectivity index is 1.69. The van der Waals surface area contributed by atoms with Gasteiger partial charge >= 0.3 is 0 Å². The van der Waals surface area contributed by atoms with E-state index in [0.717, 1.165) is 6.04 Å². The van der Waals surface area contributed by atoms with Crippen LogP contribution in [0.25, 0.3) is 0 Å². The van der Waals surface area contributed by atoms with E-state index >= 15 is 0 Å². The number of nitrogens with two attached hydrogens (primary N) is 1. The summed E-state index contributed by atoms with van der Waals surface area (Å²) in [5.74, 6) is 0.669. The zero-order chi connectivity index (χ0) is 13.5. The van der Waals surface area contributed by atoms with Crippen molar-refractivity contribution in [3.05, 3.63) is 35.9 Å². The molecule has 1 saturated heterocycles. The number of nitrogens with one attached hydrogen (secondary N) is 1. The molecule has 0 saturated carbocycles. The standard InChI is InChI=1S/C17H28N2/c1-3-11-19-12-9-17(10-13-19)18-14-15(2)16-7-5-4-6-8-16/h4-8,15,17-18H,3,9-14H2,1-2H3/p+2/t15-/m0/s1. The normalized spacial score (nSPS) is 25.2. The van der Waals surface area contributed by atoms with Gasteiger partial charge in [0.1, 0.15) is 0 Å². The van der Waals surface area contributed by atoms with Crippen LogP contribution in [0.5, 0.6) is 0 Å². The molecule has 2 rings (SSSR count). The molecule has 0 amide bonds. The Hall–Kier alpha value is -0.860. The first-order valence-electron chi connectivity index (χ1n) is 8.01. The fourth-order valence-electron chi connectivity index (χ4n) is 3.20. The van der Waals surface area contributed by atoms with E-state index in [1.54, 1.807) is 0 Å². The number of hydrogen-bond acceptors (Lipinski definition) is 0. The number of benzene rings is 1. The van der Waals surface area contributed by atoms with E-state index < -0.39 is 0 Å². The Bertz CT molecular complexity index is 342. The van der Waals surface area contributed by atoms with Crippen molar-refractivity contribution in [1.82, 2.24) is 0 Å². The number of hydrogen-bond donors (Lipinski definition) is 2. The third kappa shape index (κ3) is 4.63. The molecule has 1 aliphatic heterocycles. The van der Waals surface area contributed by atoms with Crippen LogP contribution in [0.1, 0.15) is 44.6 Å². The van der Waals surface area contributed by atoms with Crippen molar-refractivity contribution in [2.45, 2.75) is 45.1 Å². The molecule has 0 aliphatic carbocycles. The molecule has 1 heterocycles. The minimum absolute atomic E-state index is 0.669. The molecule has 2 heteroatoms. The van der Waals surface area contributed by atoms with Crippen LogP contribution < -0.4 is 10.2 Å². The largest absolute Gasteiger partial charge is 0.343 e. The number of rotatable bonds is 6. The minimum atomic E-state index is 0.669. The number of piperidine rings is 1. The van der Waals surface area contributed by atoms with Crippen LogP contribution in [0.4, 0.5) is 0 Å². The van der Waals surface area contributed by atoms with E-state index in [-0.39, 0.29) is 0 Å². The Morgan fingerprint density at radius 2 is 1.89 bits per heavy atom. The Morgan fingerprint density at radius 1 is 1.21 bits per heavy atom. The molecule has 1 aromatic rings. The van der Waals surface area contributed by atoms with Gasteiger partial charge in [0.15, 0.2) is 0 Å². The van der Waals surface area contributed by atoms with Gasteiger partial charge in [-0.2, -0.15) is 0 Å². The highest BCUT2D eigenvalue weighted by atomic mass is 15.1. The Morgan fingerprint density at radius 3 is 2.53 bits per heavy atom. The molecule has 2 nitrogen and oxygen atoms in total. The summed E-state index contributed by atoms with van der Waals surface area (Å²) in [5.41, 5.74) is 1.48. The fourth-order valence-corrected chi connectivity index (χ4v) is 3.20. The van der Waals surface area contributed by atoms with E-state index in [4.69, 9.17) is 0 Å². The van der Waals surface area contributed by atoms with Crippen LogP contribution in [0, 0.1) is 0 Å². The van der Waals surface area contributed by atoms with Crippen LogP contribution in [0.15, 0.2) is 30.3 Å². The van der Waals surface area contributed by atoms with Crippen LogP contribution in [0.2, 0.25) is 0 Å². The van der Waals surface area contributed by atoms with Crippen molar-refractivity contribution in [3.8, 4) is 0 Å². The summed E-state index contributed by atoms with van der Waals surface area (Å²) in [4.78, 5) is 1.82. The predicted octanol–water partition coefficient (Wildman–Crippen LogP) is 0.811. The third-order valence-electron chi connectivity index (χ3n) is 4.53. The highest BCUT2D eigenvalue weighted by Gasteiger charge is 2.24. The van der Waals surface area contributed by atoms with Crippen LogP contribution in [-0.4, -0.2) is 32.2 Å². The Labute approximate surface area is 118 Å². The van der Waals surface area contributed by atoms with Gasteiger partial charge in [0.2, 0.25) is 0 Å². The summed E-state index contributed by atoms with van der Waals surface area (Å²) in [6.45, 7) is 10.0. The molecule has 0 bridgehead atoms. The van der Waals surface area contributed by atoms with Crippen molar-refractivity contribution >= 4 is 0 Å². The van der Waals surface area contributed by atoms with Gasteiger partial charge < -0.3 is 10.2 Å². The maximum absolute atomic E-state index is 2.60. The summed E-state index contributed by atoms with van der Waals surface area (Å²) in [6.07, 6.45) is 4.13. The molecule has 1 atom stereocenters. The van der Waals surface area contributed by atoms with Gasteiger partial charge in [-0.05, 0) is 12.0 Å². The number of quaternary nitrogens is 2. The van der Waals surface area contributed by atoms with Crippen LogP contribution in [0.3, 0.4) is 0 Å². The van der Waals surface area contributed by atoms with Gasteiger partial charge in [-0.1, -0.05) is 44.2 Å². The first kappa shape index (κ1) is 14.5. The zero-order valence-corrected chi connectivity index (χ0v) is 12.6. The minimum Gasteiger partial charge on any atom is -0.343 e. The lowest BCUT2D eigenvalue weighted by Gasteiger charge is -2.28. The quantitative estimate of drug-likeness (QED) is 0.757. The molecule has 1 fully saturated rings. The van der Waals surface area contributed by atoms with E-state index in [1.807, 2.05) is 4.90 Å². The van der Waals surface area contributed by atoms with E-state index in [0.29, 0.717) is 5.92 Å². The molecule has 0 spiro atoms. The molecule has 1 aromatic carbocycles. The lowest BCUT2D eigenvalue weighted by atomic mass is 9.99. The second-order valence-electron chi connectivity index (χ2n) is 6.12. The van der Waals surface area contributed by atoms with Gasteiger partial charge in [-0.15, -0.1) is 0 Å². The topological polar surface area (TPSA) is 21.1 Å². The predicted molar refractivity (Wildman–Crippen MR) is 80.5 cm³/mol. The fraction of sp³-hybridized carbons (Fsp3) is 0.647. The van der Waals surface area contributed by atoms with Gasteiger partial charge in [-0.3, -0.25) is 0 Å². The average Bonchev–Trinajstić information content (AvgIpc) is 2.47. The number of likely N-dealkylation sites (tertiary alicyclic amines) is 1. The molecule has 0 unspecified atom stereocenters. The monoisotopic (exact) mass is 262 g/mol. The van der Waals surface area contributed by atoms with Crippen molar-refractivity contribution in [3.63, 3.8) is 0 Å². The lowest BCUT2D eigenvalue weighted by Crippen LogP contribution is -3.14. The lowest BCUT2D eigenvalue weighted by molar-refractivity contribution is -0.913. The van der Waals surface area contributed by atoms with E-state index in [1.165, 1.54) is 51.0 Å². The van der Waals surface area contributed by atoms with Crippen molar-refractivity contribution < 1.29 is 10.2 Å². The van der Waals surface area contributed by atoms with Gasteiger partial charge in [0.05, 0.1) is 32.2 Å². The molecule has 0 radical (unpaired) electrons. The Kier molecular flexibility index (Phi) is 5.87. The van der Waals surface area contributed by atoms with Gasteiger partial charge in [0.25, 0.3) is 0 Å². The second kappa shape index (κ2) is 7.66. The molecular weight excluding hydrogens is 232 g/mol. The smallest absolute Gasteiger partial charge is 0.0967 e. The molecule has 0 aromatic heterocycles. The molecular formula is C17H30N2+2. The average molecular weight is 262 g/mol. The summed E-state index contributed by atoms with van der Waals surface area (Å²) < 4.78 is 0. The summed E-state index contributed by atoms with van der Waals surface area (Å²) in [5, 5.41) is 2.60. The van der Waals surface area contributed by atoms with Crippen LogP contribution in [-0.2, 0) is 0 Å². The highest BCUT2D eigenvalue weighted by Crippen LogP contribution is 2.11. The highest BCUT2D eigenvalue weighted by molar-refractivity contribution is 5.18. The summed E-state index contributed by atoms with van der Waals surface area (Å²) in [7, 11) is 0. The SMILES string of the molecule is CCC[NH+]1CCC([NH2+]C[C@H](C)c2ccccc2)CC1. The first-order valence-corrected chi connectivity index (χ1v) is 8.01. The van der Waals surface area contributed by atoms with Crippen LogP contribution >= 0.6 is 0 Å².